The molecule has 4 nitrogen and oxygen atoms in total. The Kier molecular flexibility index (Phi) is 5.82. The van der Waals surface area contributed by atoms with Gasteiger partial charge in [0.1, 0.15) is 5.75 Å². The first kappa shape index (κ1) is 16.0. The first-order chi connectivity index (χ1) is 8.81. The minimum absolute atomic E-state index is 0.0669. The molecule has 0 aliphatic rings. The molecule has 0 heterocycles. The van der Waals surface area contributed by atoms with Crippen LogP contribution in [0.2, 0.25) is 0 Å². The molecule has 0 saturated carbocycles. The van der Waals surface area contributed by atoms with Gasteiger partial charge in [0.05, 0.1) is 6.10 Å². The maximum Gasteiger partial charge on any atom is 0.260 e. The maximum absolute atomic E-state index is 11.8. The number of nitrogens with one attached hydrogen (secondary N) is 1. The summed E-state index contributed by atoms with van der Waals surface area (Å²) in [5.74, 6) is 0.335. The first-order valence-electron chi connectivity index (χ1n) is 6.25. The molecule has 1 amide bonds. The van der Waals surface area contributed by atoms with Crippen molar-refractivity contribution in [1.82, 2.24) is 5.32 Å². The number of rotatable bonds is 5. The molecule has 0 fully saturated rings. The Morgan fingerprint density at radius 3 is 2.47 bits per heavy atom. The van der Waals surface area contributed by atoms with Gasteiger partial charge in [0.2, 0.25) is 0 Å². The molecule has 0 spiro atoms. The Labute approximate surface area is 122 Å². The van der Waals surface area contributed by atoms with Gasteiger partial charge >= 0.3 is 0 Å². The van der Waals surface area contributed by atoms with Gasteiger partial charge in [-0.1, -0.05) is 22.0 Å². The van der Waals surface area contributed by atoms with Crippen LogP contribution in [0.5, 0.6) is 5.75 Å². The van der Waals surface area contributed by atoms with Crippen molar-refractivity contribution in [1.29, 1.82) is 0 Å². The number of carbonyl (C=O) groups excluding carboxylic acids is 1. The number of ether oxygens (including phenoxy) is 1. The molecule has 1 unspecified atom stereocenters. The van der Waals surface area contributed by atoms with Crippen LogP contribution in [-0.2, 0) is 4.79 Å². The number of aliphatic hydroxyl groups is 1. The highest BCUT2D eigenvalue weighted by atomic mass is 79.9. The van der Waals surface area contributed by atoms with E-state index in [1.54, 1.807) is 26.0 Å². The lowest BCUT2D eigenvalue weighted by molar-refractivity contribution is -0.127. The van der Waals surface area contributed by atoms with Gasteiger partial charge in [0, 0.05) is 16.1 Å². The molecular formula is C14H20BrNO3. The van der Waals surface area contributed by atoms with Crippen molar-refractivity contribution in [2.75, 3.05) is 0 Å². The number of halogens is 1. The molecule has 0 saturated heterocycles. The Morgan fingerprint density at radius 2 is 1.95 bits per heavy atom. The molecule has 2 N–H and O–H groups in total. The molecule has 0 bridgehead atoms. The normalized spacial score (nSPS) is 14.1. The highest BCUT2D eigenvalue weighted by Gasteiger charge is 2.18. The van der Waals surface area contributed by atoms with Gasteiger partial charge < -0.3 is 15.2 Å². The van der Waals surface area contributed by atoms with Crippen LogP contribution in [0.4, 0.5) is 0 Å². The molecule has 0 aliphatic carbocycles. The summed E-state index contributed by atoms with van der Waals surface area (Å²) in [7, 11) is 0. The van der Waals surface area contributed by atoms with E-state index in [2.05, 4.69) is 21.2 Å². The van der Waals surface area contributed by atoms with Crippen molar-refractivity contribution >= 4 is 21.8 Å². The average Bonchev–Trinajstić information content (AvgIpc) is 2.27. The van der Waals surface area contributed by atoms with Crippen molar-refractivity contribution in [3.63, 3.8) is 0 Å². The summed E-state index contributed by atoms with van der Waals surface area (Å²) in [6, 6.07) is 5.42. The highest BCUT2D eigenvalue weighted by Crippen LogP contribution is 2.29. The van der Waals surface area contributed by atoms with E-state index in [0.717, 1.165) is 4.47 Å². The van der Waals surface area contributed by atoms with Crippen LogP contribution in [0.25, 0.3) is 0 Å². The van der Waals surface area contributed by atoms with Gasteiger partial charge in [-0.2, -0.15) is 0 Å². The predicted octanol–water partition coefficient (Wildman–Crippen LogP) is 2.79. The molecule has 5 heteroatoms. The van der Waals surface area contributed by atoms with E-state index in [1.165, 1.54) is 0 Å². The Morgan fingerprint density at radius 1 is 1.32 bits per heavy atom. The zero-order chi connectivity index (χ0) is 14.6. The van der Waals surface area contributed by atoms with E-state index in [4.69, 9.17) is 4.74 Å². The summed E-state index contributed by atoms with van der Waals surface area (Å²) in [6.45, 7) is 7.13. The minimum Gasteiger partial charge on any atom is -0.480 e. The first-order valence-corrected chi connectivity index (χ1v) is 7.05. The van der Waals surface area contributed by atoms with Gasteiger partial charge in [-0.3, -0.25) is 4.79 Å². The second kappa shape index (κ2) is 6.91. The Balaban J connectivity index is 2.86. The average molecular weight is 330 g/mol. The second-order valence-electron chi connectivity index (χ2n) is 4.78. The summed E-state index contributed by atoms with van der Waals surface area (Å²) in [5, 5.41) is 12.5. The lowest BCUT2D eigenvalue weighted by atomic mass is 10.1. The van der Waals surface area contributed by atoms with E-state index >= 15 is 0 Å². The number of carbonyl (C=O) groups is 1. The van der Waals surface area contributed by atoms with Crippen LogP contribution in [0.3, 0.4) is 0 Å². The quantitative estimate of drug-likeness (QED) is 0.873. The molecule has 106 valence electrons. The van der Waals surface area contributed by atoms with Crippen molar-refractivity contribution in [3.05, 3.63) is 28.2 Å². The summed E-state index contributed by atoms with van der Waals surface area (Å²) >= 11 is 3.35. The molecule has 19 heavy (non-hydrogen) atoms. The molecule has 1 aromatic carbocycles. The summed E-state index contributed by atoms with van der Waals surface area (Å²) in [5.41, 5.74) is 0.660. The van der Waals surface area contributed by atoms with Gasteiger partial charge in [0.25, 0.3) is 5.91 Å². The van der Waals surface area contributed by atoms with Gasteiger partial charge in [-0.25, -0.2) is 0 Å². The Hall–Kier alpha value is -1.07. The topological polar surface area (TPSA) is 58.6 Å². The Bertz CT molecular complexity index is 446. The second-order valence-corrected chi connectivity index (χ2v) is 5.70. The number of aliphatic hydroxyl groups excluding tert-OH is 1. The van der Waals surface area contributed by atoms with Crippen LogP contribution < -0.4 is 10.1 Å². The zero-order valence-electron chi connectivity index (χ0n) is 11.6. The maximum atomic E-state index is 11.8. The number of hydrogen-bond donors (Lipinski definition) is 2. The third kappa shape index (κ3) is 4.84. The summed E-state index contributed by atoms with van der Waals surface area (Å²) in [6.07, 6.45) is -1.27. The highest BCUT2D eigenvalue weighted by molar-refractivity contribution is 9.10. The third-order valence-corrected chi connectivity index (χ3v) is 3.02. The van der Waals surface area contributed by atoms with E-state index in [0.29, 0.717) is 11.3 Å². The van der Waals surface area contributed by atoms with Crippen LogP contribution in [-0.4, -0.2) is 23.2 Å². The van der Waals surface area contributed by atoms with Crippen molar-refractivity contribution in [2.45, 2.75) is 45.9 Å². The van der Waals surface area contributed by atoms with Crippen molar-refractivity contribution < 1.29 is 14.6 Å². The lowest BCUT2D eigenvalue weighted by Crippen LogP contribution is -2.40. The molecule has 1 aromatic rings. The predicted molar refractivity (Wildman–Crippen MR) is 78.1 cm³/mol. The standard InChI is InChI=1S/C14H20BrNO3/c1-8(2)16-14(18)10(4)19-13-7-11(15)5-6-12(13)9(3)17/h5-10,17H,1-4H3,(H,16,18)/t9-,10?/m0/s1. The smallest absolute Gasteiger partial charge is 0.260 e. The van der Waals surface area contributed by atoms with Crippen LogP contribution in [0, 0.1) is 0 Å². The molecule has 2 atom stereocenters. The van der Waals surface area contributed by atoms with Crippen LogP contribution >= 0.6 is 15.9 Å². The van der Waals surface area contributed by atoms with Gasteiger partial charge in [-0.05, 0) is 39.8 Å². The monoisotopic (exact) mass is 329 g/mol. The van der Waals surface area contributed by atoms with E-state index in [-0.39, 0.29) is 11.9 Å². The number of hydrogen-bond acceptors (Lipinski definition) is 3. The van der Waals surface area contributed by atoms with Gasteiger partial charge in [-0.15, -0.1) is 0 Å². The third-order valence-electron chi connectivity index (χ3n) is 2.53. The van der Waals surface area contributed by atoms with Crippen LogP contribution in [0.1, 0.15) is 39.4 Å². The van der Waals surface area contributed by atoms with Crippen molar-refractivity contribution in [3.8, 4) is 5.75 Å². The molecule has 0 aromatic heterocycles. The summed E-state index contributed by atoms with van der Waals surface area (Å²) in [4.78, 5) is 11.8. The fraction of sp³-hybridized carbons (Fsp3) is 0.500. The lowest BCUT2D eigenvalue weighted by Gasteiger charge is -2.19. The van der Waals surface area contributed by atoms with Crippen LogP contribution in [0.15, 0.2) is 22.7 Å². The molecule has 1 rings (SSSR count). The fourth-order valence-corrected chi connectivity index (χ4v) is 1.94. The number of benzene rings is 1. The van der Waals surface area contributed by atoms with Crippen molar-refractivity contribution in [2.24, 2.45) is 0 Å². The molecule has 0 radical (unpaired) electrons. The van der Waals surface area contributed by atoms with Gasteiger partial charge in [0.15, 0.2) is 6.10 Å². The molecule has 0 aliphatic heterocycles. The fourth-order valence-electron chi connectivity index (χ4n) is 1.60. The van der Waals surface area contributed by atoms with E-state index in [9.17, 15) is 9.90 Å². The SMILES string of the molecule is CC(C)NC(=O)C(C)Oc1cc(Br)ccc1[C@H](C)O. The minimum atomic E-state index is -0.650. The number of amides is 1. The van der Waals surface area contributed by atoms with E-state index < -0.39 is 12.2 Å². The van der Waals surface area contributed by atoms with E-state index in [1.807, 2.05) is 19.9 Å². The largest absolute Gasteiger partial charge is 0.480 e. The summed E-state index contributed by atoms with van der Waals surface area (Å²) < 4.78 is 6.48. The zero-order valence-corrected chi connectivity index (χ0v) is 13.2. The molecular weight excluding hydrogens is 310 g/mol.